The van der Waals surface area contributed by atoms with Gasteiger partial charge in [-0.2, -0.15) is 0 Å². The summed E-state index contributed by atoms with van der Waals surface area (Å²) in [5.41, 5.74) is -0.300. The third-order valence-corrected chi connectivity index (χ3v) is 3.49. The number of rotatable bonds is 5. The number of aldehydes is 1. The van der Waals surface area contributed by atoms with Gasteiger partial charge in [0, 0.05) is 6.20 Å². The number of carbonyl (C=O) groups is 1. The SMILES string of the molecule is CCS(=O)(=O)Nc1nccc(C(C)(C)C=O)n1. The zero-order valence-electron chi connectivity index (χ0n) is 9.97. The smallest absolute Gasteiger partial charge is 0.236 e. The van der Waals surface area contributed by atoms with Gasteiger partial charge in [-0.15, -0.1) is 0 Å². The largest absolute Gasteiger partial charge is 0.302 e. The monoisotopic (exact) mass is 257 g/mol. The zero-order valence-corrected chi connectivity index (χ0v) is 10.8. The van der Waals surface area contributed by atoms with E-state index in [1.165, 1.54) is 13.1 Å². The third-order valence-electron chi connectivity index (χ3n) is 2.24. The molecule has 0 aliphatic carbocycles. The van der Waals surface area contributed by atoms with Crippen LogP contribution in [0.15, 0.2) is 12.3 Å². The highest BCUT2D eigenvalue weighted by atomic mass is 32.2. The Morgan fingerprint density at radius 3 is 2.65 bits per heavy atom. The lowest BCUT2D eigenvalue weighted by atomic mass is 9.91. The summed E-state index contributed by atoms with van der Waals surface area (Å²) in [6.07, 6.45) is 2.18. The van der Waals surface area contributed by atoms with E-state index in [2.05, 4.69) is 14.7 Å². The number of sulfonamides is 1. The Bertz CT molecular complexity index is 511. The fraction of sp³-hybridized carbons (Fsp3) is 0.500. The molecule has 1 aromatic heterocycles. The minimum Gasteiger partial charge on any atom is -0.302 e. The first kappa shape index (κ1) is 13.6. The van der Waals surface area contributed by atoms with Gasteiger partial charge in [-0.25, -0.2) is 18.4 Å². The molecule has 0 aliphatic heterocycles. The van der Waals surface area contributed by atoms with Crippen molar-refractivity contribution in [3.63, 3.8) is 0 Å². The molecule has 0 bridgehead atoms. The average Bonchev–Trinajstić information content (AvgIpc) is 2.29. The number of aromatic nitrogens is 2. The second-order valence-corrected chi connectivity index (χ2v) is 6.12. The van der Waals surface area contributed by atoms with E-state index < -0.39 is 15.4 Å². The molecule has 0 fully saturated rings. The minimum absolute atomic E-state index is 0.0146. The highest BCUT2D eigenvalue weighted by molar-refractivity contribution is 7.92. The maximum atomic E-state index is 11.3. The normalized spacial score (nSPS) is 12.2. The molecule has 1 aromatic rings. The number of nitrogens with zero attached hydrogens (tertiary/aromatic N) is 2. The Balaban J connectivity index is 3.07. The molecule has 0 aliphatic rings. The van der Waals surface area contributed by atoms with E-state index in [0.29, 0.717) is 5.69 Å². The first-order valence-corrected chi connectivity index (χ1v) is 6.76. The summed E-state index contributed by atoms with van der Waals surface area (Å²) in [7, 11) is -3.40. The number of hydrogen-bond acceptors (Lipinski definition) is 5. The summed E-state index contributed by atoms with van der Waals surface area (Å²) >= 11 is 0. The van der Waals surface area contributed by atoms with E-state index >= 15 is 0 Å². The van der Waals surface area contributed by atoms with Crippen molar-refractivity contribution in [2.45, 2.75) is 26.2 Å². The molecule has 1 rings (SSSR count). The van der Waals surface area contributed by atoms with Gasteiger partial charge in [-0.05, 0) is 26.8 Å². The van der Waals surface area contributed by atoms with Crippen molar-refractivity contribution in [3.8, 4) is 0 Å². The van der Waals surface area contributed by atoms with Crippen LogP contribution in [-0.2, 0) is 20.2 Å². The number of carbonyl (C=O) groups excluding carboxylic acids is 1. The molecule has 0 aromatic carbocycles. The Kier molecular flexibility index (Phi) is 3.82. The summed E-state index contributed by atoms with van der Waals surface area (Å²) in [6.45, 7) is 4.91. The maximum Gasteiger partial charge on any atom is 0.236 e. The van der Waals surface area contributed by atoms with Crippen molar-refractivity contribution in [2.24, 2.45) is 0 Å². The van der Waals surface area contributed by atoms with Crippen LogP contribution in [0, 0.1) is 0 Å². The lowest BCUT2D eigenvalue weighted by Gasteiger charge is -2.16. The van der Waals surface area contributed by atoms with Gasteiger partial charge in [-0.1, -0.05) is 0 Å². The van der Waals surface area contributed by atoms with Gasteiger partial charge in [0.1, 0.15) is 6.29 Å². The van der Waals surface area contributed by atoms with Gasteiger partial charge >= 0.3 is 0 Å². The maximum absolute atomic E-state index is 11.3. The van der Waals surface area contributed by atoms with Gasteiger partial charge in [0.2, 0.25) is 16.0 Å². The Morgan fingerprint density at radius 2 is 2.12 bits per heavy atom. The topological polar surface area (TPSA) is 89.0 Å². The molecule has 0 saturated heterocycles. The summed E-state index contributed by atoms with van der Waals surface area (Å²) in [6, 6.07) is 1.58. The van der Waals surface area contributed by atoms with E-state index in [4.69, 9.17) is 0 Å². The molecular formula is C10H15N3O3S. The standard InChI is InChI=1S/C10H15N3O3S/c1-4-17(15,16)13-9-11-6-5-8(12-9)10(2,3)7-14/h5-7H,4H2,1-3H3,(H,11,12,13). The molecule has 94 valence electrons. The Labute approximate surface area is 101 Å². The minimum atomic E-state index is -3.40. The number of anilines is 1. The van der Waals surface area contributed by atoms with Crippen LogP contribution in [-0.4, -0.2) is 30.4 Å². The van der Waals surface area contributed by atoms with Crippen LogP contribution in [0.4, 0.5) is 5.95 Å². The third kappa shape index (κ3) is 3.48. The molecular weight excluding hydrogens is 242 g/mol. The second kappa shape index (κ2) is 4.79. The molecule has 1 N–H and O–H groups in total. The molecule has 7 heteroatoms. The molecule has 17 heavy (non-hydrogen) atoms. The van der Waals surface area contributed by atoms with Crippen LogP contribution in [0.1, 0.15) is 26.5 Å². The Morgan fingerprint density at radius 1 is 1.47 bits per heavy atom. The van der Waals surface area contributed by atoms with Crippen LogP contribution in [0.2, 0.25) is 0 Å². The molecule has 0 amide bonds. The van der Waals surface area contributed by atoms with E-state index in [1.807, 2.05) is 0 Å². The zero-order chi connectivity index (χ0) is 13.1. The van der Waals surface area contributed by atoms with Gasteiger partial charge < -0.3 is 4.79 Å². The van der Waals surface area contributed by atoms with E-state index in [9.17, 15) is 13.2 Å². The molecule has 0 saturated carbocycles. The van der Waals surface area contributed by atoms with Gasteiger partial charge in [-0.3, -0.25) is 4.72 Å². The Hall–Kier alpha value is -1.50. The van der Waals surface area contributed by atoms with E-state index in [-0.39, 0.29) is 11.7 Å². The predicted molar refractivity (Wildman–Crippen MR) is 64.2 cm³/mol. The second-order valence-electron chi connectivity index (χ2n) is 4.11. The van der Waals surface area contributed by atoms with E-state index in [0.717, 1.165) is 6.29 Å². The van der Waals surface area contributed by atoms with Crippen molar-refractivity contribution < 1.29 is 13.2 Å². The summed E-state index contributed by atoms with van der Waals surface area (Å²) in [4.78, 5) is 18.7. The molecule has 1 heterocycles. The van der Waals surface area contributed by atoms with Crippen molar-refractivity contribution >= 4 is 22.3 Å². The first-order valence-electron chi connectivity index (χ1n) is 5.11. The van der Waals surface area contributed by atoms with Crippen LogP contribution in [0.3, 0.4) is 0 Å². The van der Waals surface area contributed by atoms with Crippen LogP contribution < -0.4 is 4.72 Å². The van der Waals surface area contributed by atoms with Crippen LogP contribution >= 0.6 is 0 Å². The molecule has 0 radical (unpaired) electrons. The quantitative estimate of drug-likeness (QED) is 0.785. The predicted octanol–water partition coefficient (Wildman–Crippen LogP) is 0.715. The lowest BCUT2D eigenvalue weighted by molar-refractivity contribution is -0.111. The van der Waals surface area contributed by atoms with Crippen molar-refractivity contribution in [1.29, 1.82) is 0 Å². The van der Waals surface area contributed by atoms with Crippen molar-refractivity contribution in [3.05, 3.63) is 18.0 Å². The summed E-state index contributed by atoms with van der Waals surface area (Å²) < 4.78 is 24.9. The first-order chi connectivity index (χ1) is 7.80. The summed E-state index contributed by atoms with van der Waals surface area (Å²) in [5.74, 6) is -0.0724. The highest BCUT2D eigenvalue weighted by Gasteiger charge is 2.22. The van der Waals surface area contributed by atoms with Gasteiger partial charge in [0.25, 0.3) is 0 Å². The van der Waals surface area contributed by atoms with Crippen LogP contribution in [0.5, 0.6) is 0 Å². The van der Waals surface area contributed by atoms with Crippen molar-refractivity contribution in [1.82, 2.24) is 9.97 Å². The van der Waals surface area contributed by atoms with Gasteiger partial charge in [0.05, 0.1) is 16.9 Å². The lowest BCUT2D eigenvalue weighted by Crippen LogP contribution is -2.23. The summed E-state index contributed by atoms with van der Waals surface area (Å²) in [5, 5.41) is 0. The fourth-order valence-electron chi connectivity index (χ4n) is 1.04. The van der Waals surface area contributed by atoms with E-state index in [1.54, 1.807) is 19.9 Å². The average molecular weight is 257 g/mol. The highest BCUT2D eigenvalue weighted by Crippen LogP contribution is 2.18. The number of nitrogens with one attached hydrogen (secondary N) is 1. The number of hydrogen-bond donors (Lipinski definition) is 1. The molecule has 0 unspecified atom stereocenters. The van der Waals surface area contributed by atoms with Crippen LogP contribution in [0.25, 0.3) is 0 Å². The molecule has 0 atom stereocenters. The molecule has 0 spiro atoms. The van der Waals surface area contributed by atoms with Gasteiger partial charge in [0.15, 0.2) is 0 Å². The molecule has 6 nitrogen and oxygen atoms in total. The van der Waals surface area contributed by atoms with Crippen molar-refractivity contribution in [2.75, 3.05) is 10.5 Å². The fourth-order valence-corrected chi connectivity index (χ4v) is 1.56.